The molecule has 0 amide bonds. The van der Waals surface area contributed by atoms with Gasteiger partial charge in [-0.25, -0.2) is 0 Å². The van der Waals surface area contributed by atoms with Crippen LogP contribution in [-0.2, 0) is 17.4 Å². The molecule has 1 N–H and O–H groups in total. The van der Waals surface area contributed by atoms with Crippen LogP contribution in [0, 0.1) is 0 Å². The highest BCUT2D eigenvalue weighted by atomic mass is 31.1. The first-order chi connectivity index (χ1) is 18.3. The van der Waals surface area contributed by atoms with Gasteiger partial charge < -0.3 is 5.11 Å². The van der Waals surface area contributed by atoms with E-state index in [-0.39, 0.29) is 12.8 Å². The molecule has 0 bridgehead atoms. The molecular weight excluding hydrogens is 504 g/mol. The van der Waals surface area contributed by atoms with Crippen molar-refractivity contribution in [3.63, 3.8) is 0 Å². The second-order valence-electron chi connectivity index (χ2n) is 8.95. The highest BCUT2D eigenvalue weighted by Crippen LogP contribution is 2.42. The summed E-state index contributed by atoms with van der Waals surface area (Å²) in [5.74, 6) is -0.924. The molecule has 0 radical (unpaired) electrons. The Bertz CT molecular complexity index is 1540. The minimum atomic E-state index is -4.51. The standard InChI is InChI=1S/C32H24F3O2P/c33-32(34,35)24-18-19-28(31-23(17-20-30(36)37)16-15-22-9-7-8-14-27(22)31)29(21-24)38(25-10-3-1-4-11-25)26-12-5-2-6-13-26/h1-16,18-19,21H,17,20H2,(H,36,37). The summed E-state index contributed by atoms with van der Waals surface area (Å²) in [4.78, 5) is 11.5. The van der Waals surface area contributed by atoms with Crippen LogP contribution in [0.3, 0.4) is 0 Å². The maximum atomic E-state index is 14.1. The summed E-state index contributed by atoms with van der Waals surface area (Å²) in [6.45, 7) is 0. The highest BCUT2D eigenvalue weighted by molar-refractivity contribution is 7.80. The summed E-state index contributed by atoms with van der Waals surface area (Å²) in [6.07, 6.45) is -4.31. The van der Waals surface area contributed by atoms with E-state index in [1.807, 2.05) is 97.1 Å². The fourth-order valence-electron chi connectivity index (χ4n) is 4.77. The van der Waals surface area contributed by atoms with Crippen LogP contribution in [0.2, 0.25) is 0 Å². The van der Waals surface area contributed by atoms with E-state index in [4.69, 9.17) is 0 Å². The molecule has 0 aliphatic heterocycles. The average Bonchev–Trinajstić information content (AvgIpc) is 2.92. The van der Waals surface area contributed by atoms with E-state index >= 15 is 0 Å². The smallest absolute Gasteiger partial charge is 0.416 e. The summed E-state index contributed by atoms with van der Waals surface area (Å²) in [6, 6.07) is 34.7. The van der Waals surface area contributed by atoms with Gasteiger partial charge in [0.2, 0.25) is 0 Å². The van der Waals surface area contributed by atoms with Crippen molar-refractivity contribution in [3.05, 3.63) is 126 Å². The van der Waals surface area contributed by atoms with Crippen molar-refractivity contribution in [1.82, 2.24) is 0 Å². The molecule has 6 heteroatoms. The molecule has 38 heavy (non-hydrogen) atoms. The Balaban J connectivity index is 1.86. The lowest BCUT2D eigenvalue weighted by Crippen LogP contribution is -2.24. The topological polar surface area (TPSA) is 37.3 Å². The third kappa shape index (κ3) is 5.34. The van der Waals surface area contributed by atoms with Gasteiger partial charge in [0.15, 0.2) is 0 Å². The zero-order valence-corrected chi connectivity index (χ0v) is 21.2. The van der Waals surface area contributed by atoms with Gasteiger partial charge in [0.25, 0.3) is 0 Å². The van der Waals surface area contributed by atoms with Crippen molar-refractivity contribution in [2.75, 3.05) is 0 Å². The predicted molar refractivity (Wildman–Crippen MR) is 149 cm³/mol. The van der Waals surface area contributed by atoms with Crippen LogP contribution in [0.4, 0.5) is 13.2 Å². The third-order valence-corrected chi connectivity index (χ3v) is 8.97. The highest BCUT2D eigenvalue weighted by Gasteiger charge is 2.33. The quantitative estimate of drug-likeness (QED) is 0.225. The van der Waals surface area contributed by atoms with E-state index in [0.717, 1.165) is 38.6 Å². The Morgan fingerprint density at radius 2 is 1.34 bits per heavy atom. The molecule has 5 aromatic carbocycles. The van der Waals surface area contributed by atoms with Gasteiger partial charge in [-0.2, -0.15) is 13.2 Å². The van der Waals surface area contributed by atoms with Crippen molar-refractivity contribution in [2.45, 2.75) is 19.0 Å². The number of fused-ring (bicyclic) bond motifs is 1. The lowest BCUT2D eigenvalue weighted by Gasteiger charge is -2.25. The van der Waals surface area contributed by atoms with Gasteiger partial charge in [0, 0.05) is 6.42 Å². The lowest BCUT2D eigenvalue weighted by molar-refractivity contribution is -0.138. The molecule has 0 fully saturated rings. The molecule has 0 heterocycles. The van der Waals surface area contributed by atoms with Crippen molar-refractivity contribution < 1.29 is 23.1 Å². The first-order valence-corrected chi connectivity index (χ1v) is 13.5. The number of carbonyl (C=O) groups is 1. The number of carboxylic acid groups (broad SMARTS) is 1. The van der Waals surface area contributed by atoms with E-state index in [9.17, 15) is 23.1 Å². The molecule has 0 aliphatic carbocycles. The first kappa shape index (κ1) is 25.7. The van der Waals surface area contributed by atoms with Crippen molar-refractivity contribution in [3.8, 4) is 11.1 Å². The Kier molecular flexibility index (Phi) is 7.31. The third-order valence-electron chi connectivity index (χ3n) is 6.49. The first-order valence-electron chi connectivity index (χ1n) is 12.2. The summed E-state index contributed by atoms with van der Waals surface area (Å²) in [7, 11) is -1.36. The Morgan fingerprint density at radius 3 is 1.95 bits per heavy atom. The van der Waals surface area contributed by atoms with Gasteiger partial charge in [-0.3, -0.25) is 4.79 Å². The van der Waals surface area contributed by atoms with Crippen LogP contribution in [0.25, 0.3) is 21.9 Å². The number of hydrogen-bond donors (Lipinski definition) is 1. The van der Waals surface area contributed by atoms with Crippen molar-refractivity contribution in [2.24, 2.45) is 0 Å². The molecule has 5 rings (SSSR count). The maximum absolute atomic E-state index is 14.1. The molecule has 0 unspecified atom stereocenters. The SMILES string of the molecule is O=C(O)CCc1ccc2ccccc2c1-c1ccc(C(F)(F)F)cc1P(c1ccccc1)c1ccccc1. The number of hydrogen-bond acceptors (Lipinski definition) is 1. The molecule has 0 saturated carbocycles. The summed E-state index contributed by atoms with van der Waals surface area (Å²) < 4.78 is 42.2. The number of carboxylic acids is 1. The normalized spacial score (nSPS) is 11.7. The largest absolute Gasteiger partial charge is 0.481 e. The van der Waals surface area contributed by atoms with Crippen molar-refractivity contribution in [1.29, 1.82) is 0 Å². The van der Waals surface area contributed by atoms with E-state index < -0.39 is 25.6 Å². The van der Waals surface area contributed by atoms with Gasteiger partial charge in [-0.05, 0) is 69.9 Å². The van der Waals surface area contributed by atoms with E-state index in [1.165, 1.54) is 6.07 Å². The second kappa shape index (κ2) is 10.8. The minimum Gasteiger partial charge on any atom is -0.481 e. The van der Waals surface area contributed by atoms with Crippen LogP contribution in [0.5, 0.6) is 0 Å². The number of alkyl halides is 3. The zero-order chi connectivity index (χ0) is 26.7. The Morgan fingerprint density at radius 1 is 0.737 bits per heavy atom. The fraction of sp³-hybridized carbons (Fsp3) is 0.0938. The number of aliphatic carboxylic acids is 1. The minimum absolute atomic E-state index is 0.0760. The van der Waals surface area contributed by atoms with Gasteiger partial charge in [-0.1, -0.05) is 103 Å². The van der Waals surface area contributed by atoms with E-state index in [0.29, 0.717) is 10.9 Å². The number of rotatable bonds is 7. The van der Waals surface area contributed by atoms with Crippen LogP contribution >= 0.6 is 7.92 Å². The molecular formula is C32H24F3O2P. The van der Waals surface area contributed by atoms with Gasteiger partial charge in [0.05, 0.1) is 5.56 Å². The van der Waals surface area contributed by atoms with Gasteiger partial charge in [0.1, 0.15) is 0 Å². The Hall–Kier alpha value is -3.95. The number of benzene rings is 5. The Labute approximate surface area is 220 Å². The molecule has 2 nitrogen and oxygen atoms in total. The van der Waals surface area contributed by atoms with Crippen molar-refractivity contribution >= 4 is 40.6 Å². The monoisotopic (exact) mass is 528 g/mol. The molecule has 0 aliphatic rings. The summed E-state index contributed by atoms with van der Waals surface area (Å²) >= 11 is 0. The maximum Gasteiger partial charge on any atom is 0.416 e. The number of halogens is 3. The lowest BCUT2D eigenvalue weighted by atomic mass is 9.90. The van der Waals surface area contributed by atoms with Crippen LogP contribution in [0.1, 0.15) is 17.5 Å². The predicted octanol–water partition coefficient (Wildman–Crippen LogP) is 7.30. The molecule has 0 saturated heterocycles. The zero-order valence-electron chi connectivity index (χ0n) is 20.3. The van der Waals surface area contributed by atoms with E-state index in [2.05, 4.69) is 0 Å². The van der Waals surface area contributed by atoms with Crippen LogP contribution < -0.4 is 15.9 Å². The van der Waals surface area contributed by atoms with Crippen LogP contribution in [0.15, 0.2) is 115 Å². The number of aryl methyl sites for hydroxylation is 1. The van der Waals surface area contributed by atoms with Crippen LogP contribution in [-0.4, -0.2) is 11.1 Å². The molecule has 0 aromatic heterocycles. The van der Waals surface area contributed by atoms with Gasteiger partial charge in [-0.15, -0.1) is 0 Å². The summed E-state index contributed by atoms with van der Waals surface area (Å²) in [5.41, 5.74) is 1.56. The molecule has 5 aromatic rings. The second-order valence-corrected chi connectivity index (χ2v) is 11.1. The molecule has 190 valence electrons. The van der Waals surface area contributed by atoms with Gasteiger partial charge >= 0.3 is 12.1 Å². The fourth-order valence-corrected chi connectivity index (χ4v) is 7.26. The average molecular weight is 529 g/mol. The summed E-state index contributed by atoms with van der Waals surface area (Å²) in [5, 5.41) is 13.7. The molecule has 0 spiro atoms. The van der Waals surface area contributed by atoms with E-state index in [1.54, 1.807) is 6.07 Å². The molecule has 0 atom stereocenters.